The molecule has 0 heterocycles. The zero-order chi connectivity index (χ0) is 13.8. The Balaban J connectivity index is 2.22. The van der Waals surface area contributed by atoms with E-state index in [9.17, 15) is 0 Å². The minimum Gasteiger partial charge on any atom is -0.113 e. The Bertz CT molecular complexity index is 533. The molecule has 2 atom stereocenters. The zero-order valence-electron chi connectivity index (χ0n) is 11.2. The van der Waals surface area contributed by atoms with Crippen molar-refractivity contribution in [2.45, 2.75) is 31.6 Å². The summed E-state index contributed by atoms with van der Waals surface area (Å²) in [7, 11) is 0. The Hall–Kier alpha value is -0.540. The van der Waals surface area contributed by atoms with Crippen LogP contribution >= 0.6 is 34.2 Å². The van der Waals surface area contributed by atoms with Crippen LogP contribution in [0.25, 0.3) is 0 Å². The van der Waals surface area contributed by atoms with Crippen molar-refractivity contribution in [1.29, 1.82) is 0 Å². The van der Waals surface area contributed by atoms with Gasteiger partial charge in [0.25, 0.3) is 0 Å². The van der Waals surface area contributed by atoms with E-state index in [1.807, 2.05) is 0 Å². The molecular formula is C17H18ClI. The van der Waals surface area contributed by atoms with Crippen molar-refractivity contribution in [3.63, 3.8) is 0 Å². The van der Waals surface area contributed by atoms with Gasteiger partial charge in [0.2, 0.25) is 0 Å². The van der Waals surface area contributed by atoms with Crippen LogP contribution in [0.15, 0.2) is 48.5 Å². The summed E-state index contributed by atoms with van der Waals surface area (Å²) >= 11 is 8.88. The second-order valence-corrected chi connectivity index (χ2v) is 6.58. The molecule has 2 heteroatoms. The summed E-state index contributed by atoms with van der Waals surface area (Å²) in [5.41, 5.74) is 3.71. The van der Waals surface area contributed by atoms with Crippen LogP contribution in [-0.2, 0) is 0 Å². The summed E-state index contributed by atoms with van der Waals surface area (Å²) in [6.45, 7) is 4.47. The molecule has 2 unspecified atom stereocenters. The molecule has 0 saturated heterocycles. The SMILES string of the molecule is CCC(C)c1ccc(C(Cl)c2cccc(I)c2)cc1. The van der Waals surface area contributed by atoms with E-state index in [0.29, 0.717) is 5.92 Å². The molecule has 0 bridgehead atoms. The zero-order valence-corrected chi connectivity index (χ0v) is 14.1. The Morgan fingerprint density at radius 2 is 1.63 bits per heavy atom. The Kier molecular flexibility index (Phi) is 5.28. The number of hydrogen-bond donors (Lipinski definition) is 0. The van der Waals surface area contributed by atoms with Crippen LogP contribution in [0, 0.1) is 3.57 Å². The molecule has 0 spiro atoms. The summed E-state index contributed by atoms with van der Waals surface area (Å²) in [4.78, 5) is 0. The van der Waals surface area contributed by atoms with Gasteiger partial charge in [-0.15, -0.1) is 11.6 Å². The predicted molar refractivity (Wildman–Crippen MR) is 92.0 cm³/mol. The Morgan fingerprint density at radius 3 is 2.21 bits per heavy atom. The monoisotopic (exact) mass is 384 g/mol. The highest BCUT2D eigenvalue weighted by atomic mass is 127. The first kappa shape index (κ1) is 14.9. The van der Waals surface area contributed by atoms with Crippen molar-refractivity contribution < 1.29 is 0 Å². The number of benzene rings is 2. The van der Waals surface area contributed by atoms with Crippen LogP contribution in [0.3, 0.4) is 0 Å². The molecule has 2 aromatic rings. The average molecular weight is 385 g/mol. The molecule has 0 N–H and O–H groups in total. The lowest BCUT2D eigenvalue weighted by Gasteiger charge is -2.13. The molecule has 0 radical (unpaired) electrons. The second kappa shape index (κ2) is 6.76. The minimum absolute atomic E-state index is 0.0688. The van der Waals surface area contributed by atoms with Gasteiger partial charge in [-0.2, -0.15) is 0 Å². The fourth-order valence-corrected chi connectivity index (χ4v) is 2.93. The molecule has 0 fully saturated rings. The third-order valence-corrected chi connectivity index (χ3v) is 4.73. The van der Waals surface area contributed by atoms with Gasteiger partial charge in [0, 0.05) is 3.57 Å². The molecule has 0 aliphatic carbocycles. The number of halogens is 2. The fraction of sp³-hybridized carbons (Fsp3) is 0.294. The first-order valence-electron chi connectivity index (χ1n) is 6.61. The lowest BCUT2D eigenvalue weighted by molar-refractivity contribution is 0.733. The largest absolute Gasteiger partial charge is 0.113 e. The van der Waals surface area contributed by atoms with Gasteiger partial charge in [-0.05, 0) is 63.8 Å². The van der Waals surface area contributed by atoms with Crippen LogP contribution < -0.4 is 0 Å². The van der Waals surface area contributed by atoms with Crippen LogP contribution in [-0.4, -0.2) is 0 Å². The molecule has 2 rings (SSSR count). The van der Waals surface area contributed by atoms with Gasteiger partial charge in [-0.25, -0.2) is 0 Å². The van der Waals surface area contributed by atoms with E-state index in [-0.39, 0.29) is 5.38 Å². The topological polar surface area (TPSA) is 0 Å². The van der Waals surface area contributed by atoms with Crippen LogP contribution in [0.5, 0.6) is 0 Å². The van der Waals surface area contributed by atoms with Gasteiger partial charge >= 0.3 is 0 Å². The molecule has 0 aromatic heterocycles. The van der Waals surface area contributed by atoms with E-state index in [0.717, 1.165) is 11.1 Å². The van der Waals surface area contributed by atoms with Crippen molar-refractivity contribution >= 4 is 34.2 Å². The Morgan fingerprint density at radius 1 is 1.00 bits per heavy atom. The standard InChI is InChI=1S/C17H18ClI/c1-3-12(2)13-7-9-14(10-8-13)17(18)15-5-4-6-16(19)11-15/h4-12,17H,3H2,1-2H3. The molecule has 0 aliphatic heterocycles. The minimum atomic E-state index is -0.0688. The van der Waals surface area contributed by atoms with E-state index >= 15 is 0 Å². The third kappa shape index (κ3) is 3.73. The third-order valence-electron chi connectivity index (χ3n) is 3.55. The maximum absolute atomic E-state index is 6.57. The van der Waals surface area contributed by atoms with Gasteiger partial charge < -0.3 is 0 Å². The molecule has 0 aliphatic rings. The number of hydrogen-bond acceptors (Lipinski definition) is 0. The molecule has 19 heavy (non-hydrogen) atoms. The lowest BCUT2D eigenvalue weighted by atomic mass is 9.96. The van der Waals surface area contributed by atoms with Crippen molar-refractivity contribution in [3.05, 3.63) is 68.8 Å². The molecule has 0 saturated carbocycles. The van der Waals surface area contributed by atoms with Gasteiger partial charge in [-0.3, -0.25) is 0 Å². The molecule has 0 amide bonds. The van der Waals surface area contributed by atoms with E-state index in [1.54, 1.807) is 0 Å². The fourth-order valence-electron chi connectivity index (χ4n) is 2.09. The summed E-state index contributed by atoms with van der Waals surface area (Å²) in [6, 6.07) is 17.1. The van der Waals surface area contributed by atoms with Crippen molar-refractivity contribution in [2.24, 2.45) is 0 Å². The van der Waals surface area contributed by atoms with Crippen LogP contribution in [0.1, 0.15) is 48.3 Å². The van der Waals surface area contributed by atoms with Crippen molar-refractivity contribution in [2.75, 3.05) is 0 Å². The smallest absolute Gasteiger partial charge is 0.0835 e. The van der Waals surface area contributed by atoms with E-state index in [4.69, 9.17) is 11.6 Å². The summed E-state index contributed by atoms with van der Waals surface area (Å²) < 4.78 is 1.22. The maximum Gasteiger partial charge on any atom is 0.0835 e. The van der Waals surface area contributed by atoms with Crippen molar-refractivity contribution in [3.8, 4) is 0 Å². The second-order valence-electron chi connectivity index (χ2n) is 4.89. The quantitative estimate of drug-likeness (QED) is 0.439. The molecular weight excluding hydrogens is 367 g/mol. The molecule has 100 valence electrons. The van der Waals surface area contributed by atoms with E-state index in [1.165, 1.54) is 15.6 Å². The first-order valence-corrected chi connectivity index (χ1v) is 8.12. The highest BCUT2D eigenvalue weighted by molar-refractivity contribution is 14.1. The average Bonchev–Trinajstić information content (AvgIpc) is 2.46. The normalized spacial score (nSPS) is 14.1. The van der Waals surface area contributed by atoms with Crippen LogP contribution in [0.4, 0.5) is 0 Å². The van der Waals surface area contributed by atoms with Gasteiger partial charge in [0.1, 0.15) is 0 Å². The molecule has 2 aromatic carbocycles. The van der Waals surface area contributed by atoms with Gasteiger partial charge in [0.15, 0.2) is 0 Å². The number of rotatable bonds is 4. The summed E-state index contributed by atoms with van der Waals surface area (Å²) in [5.74, 6) is 0.612. The summed E-state index contributed by atoms with van der Waals surface area (Å²) in [6.07, 6.45) is 1.17. The maximum atomic E-state index is 6.57. The predicted octanol–water partition coefficient (Wildman–Crippen LogP) is 6.13. The van der Waals surface area contributed by atoms with E-state index in [2.05, 4.69) is 85.0 Å². The Labute approximate surface area is 134 Å². The first-order chi connectivity index (χ1) is 9.11. The highest BCUT2D eigenvalue weighted by Gasteiger charge is 2.11. The highest BCUT2D eigenvalue weighted by Crippen LogP contribution is 2.30. The van der Waals surface area contributed by atoms with Crippen LogP contribution in [0.2, 0.25) is 0 Å². The summed E-state index contributed by atoms with van der Waals surface area (Å²) in [5, 5.41) is -0.0688. The van der Waals surface area contributed by atoms with E-state index < -0.39 is 0 Å². The molecule has 0 nitrogen and oxygen atoms in total. The lowest BCUT2D eigenvalue weighted by Crippen LogP contribution is -1.96. The van der Waals surface area contributed by atoms with Crippen molar-refractivity contribution in [1.82, 2.24) is 0 Å². The number of alkyl halides is 1. The van der Waals surface area contributed by atoms with Gasteiger partial charge in [-0.1, -0.05) is 50.2 Å². The van der Waals surface area contributed by atoms with Gasteiger partial charge in [0.05, 0.1) is 5.38 Å².